The Kier molecular flexibility index (Phi) is 6.93. The molecule has 0 saturated carbocycles. The zero-order valence-electron chi connectivity index (χ0n) is 10.2. The summed E-state index contributed by atoms with van der Waals surface area (Å²) in [7, 11) is 0. The molecule has 0 spiro atoms. The standard InChI is InChI=1S/C13H23NO2/c1-2-3-4-5-6-8-15-11-12-7-9-16-13(12)10-14/h7,9H,2-6,8,10-11,14H2,1H3. The van der Waals surface area contributed by atoms with E-state index in [4.69, 9.17) is 14.9 Å². The normalized spacial score (nSPS) is 10.9. The zero-order chi connectivity index (χ0) is 11.6. The van der Waals surface area contributed by atoms with Crippen LogP contribution in [0.5, 0.6) is 0 Å². The summed E-state index contributed by atoms with van der Waals surface area (Å²) in [6, 6.07) is 1.93. The van der Waals surface area contributed by atoms with Crippen molar-refractivity contribution >= 4 is 0 Å². The lowest BCUT2D eigenvalue weighted by Gasteiger charge is -2.03. The molecule has 0 bridgehead atoms. The predicted octanol–water partition coefficient (Wildman–Crippen LogP) is 3.23. The number of nitrogens with two attached hydrogens (primary N) is 1. The van der Waals surface area contributed by atoms with E-state index in [1.165, 1.54) is 25.7 Å². The molecule has 0 aliphatic heterocycles. The maximum absolute atomic E-state index is 5.59. The molecule has 1 aromatic rings. The quantitative estimate of drug-likeness (QED) is 0.656. The SMILES string of the molecule is CCCCCCCOCc1ccoc1CN. The van der Waals surface area contributed by atoms with Crippen LogP contribution >= 0.6 is 0 Å². The third-order valence-corrected chi connectivity index (χ3v) is 2.67. The van der Waals surface area contributed by atoms with E-state index in [1.54, 1.807) is 6.26 Å². The highest BCUT2D eigenvalue weighted by atomic mass is 16.5. The first kappa shape index (κ1) is 13.3. The number of rotatable bonds is 9. The van der Waals surface area contributed by atoms with Crippen LogP contribution in [0.2, 0.25) is 0 Å². The Hall–Kier alpha value is -0.800. The molecule has 1 aromatic heterocycles. The summed E-state index contributed by atoms with van der Waals surface area (Å²) in [5, 5.41) is 0. The Labute approximate surface area is 98.0 Å². The first-order valence-electron chi connectivity index (χ1n) is 6.21. The Bertz CT molecular complexity index is 271. The highest BCUT2D eigenvalue weighted by Crippen LogP contribution is 2.11. The van der Waals surface area contributed by atoms with Crippen molar-refractivity contribution in [2.75, 3.05) is 6.61 Å². The molecule has 0 amide bonds. The summed E-state index contributed by atoms with van der Waals surface area (Å²) in [5.74, 6) is 0.839. The number of hydrogen-bond acceptors (Lipinski definition) is 3. The van der Waals surface area contributed by atoms with Gasteiger partial charge in [-0.2, -0.15) is 0 Å². The fourth-order valence-corrected chi connectivity index (χ4v) is 1.66. The van der Waals surface area contributed by atoms with Gasteiger partial charge in [-0.05, 0) is 12.5 Å². The van der Waals surface area contributed by atoms with Gasteiger partial charge in [0.25, 0.3) is 0 Å². The average molecular weight is 225 g/mol. The van der Waals surface area contributed by atoms with Crippen molar-refractivity contribution in [3.05, 3.63) is 23.7 Å². The van der Waals surface area contributed by atoms with Crippen molar-refractivity contribution in [2.45, 2.75) is 52.2 Å². The Balaban J connectivity index is 2.03. The third kappa shape index (κ3) is 4.81. The monoisotopic (exact) mass is 225 g/mol. The first-order chi connectivity index (χ1) is 7.88. The molecule has 3 nitrogen and oxygen atoms in total. The molecule has 2 N–H and O–H groups in total. The lowest BCUT2D eigenvalue weighted by Crippen LogP contribution is -2.01. The summed E-state index contributed by atoms with van der Waals surface area (Å²) in [4.78, 5) is 0. The lowest BCUT2D eigenvalue weighted by molar-refractivity contribution is 0.115. The van der Waals surface area contributed by atoms with Crippen LogP contribution in [0.3, 0.4) is 0 Å². The summed E-state index contributed by atoms with van der Waals surface area (Å²) >= 11 is 0. The molecular formula is C13H23NO2. The van der Waals surface area contributed by atoms with E-state index in [2.05, 4.69) is 6.92 Å². The van der Waals surface area contributed by atoms with Crippen LogP contribution in [0.4, 0.5) is 0 Å². The molecule has 0 radical (unpaired) electrons. The van der Waals surface area contributed by atoms with Gasteiger partial charge in [-0.25, -0.2) is 0 Å². The maximum Gasteiger partial charge on any atom is 0.122 e. The van der Waals surface area contributed by atoms with Gasteiger partial charge in [0, 0.05) is 12.2 Å². The van der Waals surface area contributed by atoms with E-state index in [0.717, 1.165) is 24.4 Å². The van der Waals surface area contributed by atoms with Crippen LogP contribution in [0, 0.1) is 0 Å². The molecule has 0 unspecified atom stereocenters. The van der Waals surface area contributed by atoms with Crippen molar-refractivity contribution in [3.63, 3.8) is 0 Å². The van der Waals surface area contributed by atoms with Crippen LogP contribution < -0.4 is 5.73 Å². The maximum atomic E-state index is 5.59. The van der Waals surface area contributed by atoms with Crippen LogP contribution in [-0.2, 0) is 17.9 Å². The number of ether oxygens (including phenoxy) is 1. The Morgan fingerprint density at radius 3 is 2.81 bits per heavy atom. The smallest absolute Gasteiger partial charge is 0.122 e. The average Bonchev–Trinajstić information content (AvgIpc) is 2.75. The van der Waals surface area contributed by atoms with Crippen LogP contribution in [0.15, 0.2) is 16.7 Å². The minimum Gasteiger partial charge on any atom is -0.468 e. The largest absolute Gasteiger partial charge is 0.468 e. The summed E-state index contributed by atoms with van der Waals surface area (Å²) in [6.07, 6.45) is 8.02. The van der Waals surface area contributed by atoms with Crippen LogP contribution in [0.25, 0.3) is 0 Å². The molecule has 0 saturated heterocycles. The van der Waals surface area contributed by atoms with Crippen LogP contribution in [0.1, 0.15) is 50.4 Å². The van der Waals surface area contributed by atoms with E-state index in [9.17, 15) is 0 Å². The van der Waals surface area contributed by atoms with Gasteiger partial charge in [0.15, 0.2) is 0 Å². The number of hydrogen-bond donors (Lipinski definition) is 1. The molecule has 16 heavy (non-hydrogen) atoms. The molecule has 0 aliphatic carbocycles. The van der Waals surface area contributed by atoms with Crippen molar-refractivity contribution in [3.8, 4) is 0 Å². The first-order valence-corrected chi connectivity index (χ1v) is 6.21. The fraction of sp³-hybridized carbons (Fsp3) is 0.692. The summed E-state index contributed by atoms with van der Waals surface area (Å²) in [5.41, 5.74) is 6.61. The molecule has 92 valence electrons. The van der Waals surface area contributed by atoms with Gasteiger partial charge in [-0.15, -0.1) is 0 Å². The van der Waals surface area contributed by atoms with Crippen molar-refractivity contribution in [1.82, 2.24) is 0 Å². The molecule has 0 fully saturated rings. The summed E-state index contributed by atoms with van der Waals surface area (Å²) < 4.78 is 10.8. The minimum absolute atomic E-state index is 0.447. The van der Waals surface area contributed by atoms with E-state index < -0.39 is 0 Å². The van der Waals surface area contributed by atoms with Crippen LogP contribution in [-0.4, -0.2) is 6.61 Å². The zero-order valence-corrected chi connectivity index (χ0v) is 10.2. The van der Waals surface area contributed by atoms with Gasteiger partial charge in [0.05, 0.1) is 19.4 Å². The second-order valence-electron chi connectivity index (χ2n) is 4.04. The Morgan fingerprint density at radius 1 is 1.25 bits per heavy atom. The topological polar surface area (TPSA) is 48.4 Å². The summed E-state index contributed by atoms with van der Waals surface area (Å²) in [6.45, 7) is 4.13. The van der Waals surface area contributed by atoms with Crippen molar-refractivity contribution in [2.24, 2.45) is 5.73 Å². The second kappa shape index (κ2) is 8.36. The molecule has 0 atom stereocenters. The molecule has 1 rings (SSSR count). The number of furan rings is 1. The van der Waals surface area contributed by atoms with Gasteiger partial charge >= 0.3 is 0 Å². The van der Waals surface area contributed by atoms with E-state index in [1.807, 2.05) is 6.07 Å². The van der Waals surface area contributed by atoms with Gasteiger partial charge in [-0.3, -0.25) is 0 Å². The molecule has 0 aliphatic rings. The number of unbranched alkanes of at least 4 members (excludes halogenated alkanes) is 4. The van der Waals surface area contributed by atoms with E-state index in [-0.39, 0.29) is 0 Å². The van der Waals surface area contributed by atoms with Gasteiger partial charge in [-0.1, -0.05) is 32.6 Å². The molecular weight excluding hydrogens is 202 g/mol. The van der Waals surface area contributed by atoms with Gasteiger partial charge in [0.1, 0.15) is 5.76 Å². The minimum atomic E-state index is 0.447. The van der Waals surface area contributed by atoms with Crippen molar-refractivity contribution in [1.29, 1.82) is 0 Å². The fourth-order valence-electron chi connectivity index (χ4n) is 1.66. The molecule has 1 heterocycles. The van der Waals surface area contributed by atoms with Crippen molar-refractivity contribution < 1.29 is 9.15 Å². The predicted molar refractivity (Wildman–Crippen MR) is 65.0 cm³/mol. The van der Waals surface area contributed by atoms with Gasteiger partial charge in [0.2, 0.25) is 0 Å². The van der Waals surface area contributed by atoms with Gasteiger partial charge < -0.3 is 14.9 Å². The highest BCUT2D eigenvalue weighted by Gasteiger charge is 2.03. The Morgan fingerprint density at radius 2 is 2.06 bits per heavy atom. The second-order valence-corrected chi connectivity index (χ2v) is 4.04. The highest BCUT2D eigenvalue weighted by molar-refractivity contribution is 5.15. The third-order valence-electron chi connectivity index (χ3n) is 2.67. The lowest BCUT2D eigenvalue weighted by atomic mass is 10.2. The molecule has 0 aromatic carbocycles. The molecule has 3 heteroatoms. The van der Waals surface area contributed by atoms with E-state index in [0.29, 0.717) is 13.2 Å². The van der Waals surface area contributed by atoms with E-state index >= 15 is 0 Å².